The molecule has 4 heterocycles. The van der Waals surface area contributed by atoms with Gasteiger partial charge in [-0.25, -0.2) is 15.0 Å². The Kier molecular flexibility index (Phi) is 28.6. The zero-order valence-electron chi connectivity index (χ0n) is 77.0. The fraction of sp³-hybridized carbons (Fsp3) is 0.0984. The quantitative estimate of drug-likeness (QED) is 0.0683. The van der Waals surface area contributed by atoms with Crippen molar-refractivity contribution in [1.82, 2.24) is 15.0 Å². The smallest absolute Gasteiger partial charge is 0.143 e. The van der Waals surface area contributed by atoms with Crippen LogP contribution in [0.4, 0.5) is 17.1 Å². The molecule has 0 radical (unpaired) electrons. The summed E-state index contributed by atoms with van der Waals surface area (Å²) < 4.78 is 9.70. The normalized spacial score (nSPS) is 11.8. The first-order valence-corrected chi connectivity index (χ1v) is 47.5. The zero-order chi connectivity index (χ0) is 92.6. The van der Waals surface area contributed by atoms with E-state index in [9.17, 15) is 15.3 Å². The molecule has 686 valence electrons. The van der Waals surface area contributed by atoms with Crippen molar-refractivity contribution < 1.29 is 82.9 Å². The van der Waals surface area contributed by atoms with Crippen LogP contribution in [0.15, 0.2) is 383 Å². The number of nitrogens with zero attached hydrogens (tertiary/aromatic N) is 6. The summed E-state index contributed by atoms with van der Waals surface area (Å²) in [6.07, 6.45) is 5.24. The number of fused-ring (bicyclic) bond motifs is 8. The van der Waals surface area contributed by atoms with Crippen molar-refractivity contribution in [2.24, 2.45) is 15.0 Å². The molecule has 0 unspecified atom stereocenters. The van der Waals surface area contributed by atoms with Gasteiger partial charge in [-0.1, -0.05) is 267 Å². The SMILES string of the molecule is CC(C)(C)c1ccc(O)c(C=Nc2ccccc2-c2nc3c(-c4[c-]cccc4)cc(-c4ccc5ccccc5c4)cc3s2)c1.CC(C)(C)c1ccc(O)c(C=Nc2ccccc2-c2nc3c(-c4[c-]cccc4)cc(-c4cccc5c4oc4ccccc45)cc3s2)c1.CC(C)(C)c1ccc(O)c(C=Nc2ccccc2-c2nc3c(-c4[c-]cccc4)cc(-c4cccc5ccccc45)cc3s2)c1.[Pt].[Pt].[Pt]. The number of hydrogen-bond donors (Lipinski definition) is 3. The molecule has 4 aromatic heterocycles. The van der Waals surface area contributed by atoms with E-state index in [-0.39, 0.29) is 96.7 Å². The molecule has 0 saturated carbocycles. The Balaban J connectivity index is 0.000000142. The van der Waals surface area contributed by atoms with Gasteiger partial charge >= 0.3 is 0 Å². The van der Waals surface area contributed by atoms with Gasteiger partial charge in [-0.3, -0.25) is 15.0 Å². The van der Waals surface area contributed by atoms with Crippen LogP contribution >= 0.6 is 34.0 Å². The van der Waals surface area contributed by atoms with E-state index in [2.05, 4.69) is 263 Å². The Labute approximate surface area is 858 Å². The van der Waals surface area contributed by atoms with Gasteiger partial charge in [-0.15, -0.1) is 142 Å². The third kappa shape index (κ3) is 20.4. The average Bonchev–Trinajstić information content (AvgIpc) is 1.59. The second-order valence-electron chi connectivity index (χ2n) is 36.8. The Morgan fingerprint density at radius 2 is 0.630 bits per heavy atom. The van der Waals surface area contributed by atoms with Crippen molar-refractivity contribution in [3.63, 3.8) is 0 Å². The minimum atomic E-state index is -0.0438. The molecule has 0 aliphatic heterocycles. The molecule has 10 nitrogen and oxygen atoms in total. The monoisotopic (exact) mass is 2390 g/mol. The van der Waals surface area contributed by atoms with Crippen molar-refractivity contribution in [3.05, 3.63) is 416 Å². The van der Waals surface area contributed by atoms with Gasteiger partial charge in [0.1, 0.15) is 43.4 Å². The van der Waals surface area contributed by atoms with Crippen LogP contribution in [0, 0.1) is 18.2 Å². The number of thiazole rings is 3. The molecule has 0 aliphatic carbocycles. The van der Waals surface area contributed by atoms with Crippen LogP contribution in [0.5, 0.6) is 17.2 Å². The van der Waals surface area contributed by atoms with Crippen molar-refractivity contribution in [3.8, 4) is 116 Å². The Bertz CT molecular complexity index is 8360. The zero-order valence-corrected chi connectivity index (χ0v) is 86.2. The van der Waals surface area contributed by atoms with Gasteiger partial charge in [0.15, 0.2) is 0 Å². The maximum Gasteiger partial charge on any atom is 0.143 e. The summed E-state index contributed by atoms with van der Waals surface area (Å²) in [5.41, 5.74) is 28.0. The largest absolute Gasteiger partial charge is 0.507 e. The van der Waals surface area contributed by atoms with Crippen LogP contribution in [-0.2, 0) is 79.4 Å². The van der Waals surface area contributed by atoms with Crippen molar-refractivity contribution in [2.75, 3.05) is 0 Å². The number of phenolic OH excluding ortho intramolecular Hbond substituents is 3. The first kappa shape index (κ1) is 96.1. The molecular formula is C122H93N6O4Pt3S3-3. The van der Waals surface area contributed by atoms with Crippen molar-refractivity contribution in [1.29, 1.82) is 0 Å². The maximum absolute atomic E-state index is 10.6. The molecule has 22 aromatic rings. The summed E-state index contributed by atoms with van der Waals surface area (Å²) in [6, 6.07) is 134. The summed E-state index contributed by atoms with van der Waals surface area (Å²) in [5.74, 6) is 0.628. The van der Waals surface area contributed by atoms with Gasteiger partial charge in [-0.2, -0.15) is 0 Å². The third-order valence-electron chi connectivity index (χ3n) is 24.5. The predicted molar refractivity (Wildman–Crippen MR) is 569 cm³/mol. The molecule has 0 spiro atoms. The van der Waals surface area contributed by atoms with Crippen LogP contribution in [0.3, 0.4) is 0 Å². The molecule has 0 bridgehead atoms. The second kappa shape index (κ2) is 41.0. The minimum Gasteiger partial charge on any atom is -0.507 e. The van der Waals surface area contributed by atoms with E-state index in [0.29, 0.717) is 16.7 Å². The number of rotatable bonds is 15. The molecule has 3 N–H and O–H groups in total. The number of hydrogen-bond acceptors (Lipinski definition) is 13. The van der Waals surface area contributed by atoms with E-state index in [1.54, 1.807) is 70.9 Å². The maximum atomic E-state index is 10.6. The number of phenols is 3. The van der Waals surface area contributed by atoms with E-state index in [4.69, 9.17) is 34.3 Å². The molecule has 22 rings (SSSR count). The fourth-order valence-electron chi connectivity index (χ4n) is 17.1. The molecule has 0 amide bonds. The van der Waals surface area contributed by atoms with Crippen LogP contribution < -0.4 is 0 Å². The Morgan fingerprint density at radius 3 is 1.07 bits per heavy atom. The molecule has 0 aliphatic rings. The molecule has 16 heteroatoms. The molecule has 0 atom stereocenters. The number of aliphatic imine (C=N–C) groups is 3. The summed E-state index contributed by atoms with van der Waals surface area (Å²) in [5, 5.41) is 41.5. The Morgan fingerprint density at radius 1 is 0.283 bits per heavy atom. The van der Waals surface area contributed by atoms with Gasteiger partial charge in [0.25, 0.3) is 0 Å². The summed E-state index contributed by atoms with van der Waals surface area (Å²) in [6.45, 7) is 19.5. The second-order valence-corrected chi connectivity index (χ2v) is 39.9. The third-order valence-corrected chi connectivity index (χ3v) is 27.6. The Hall–Kier alpha value is -13.6. The summed E-state index contributed by atoms with van der Waals surface area (Å²) in [7, 11) is 0. The van der Waals surface area contributed by atoms with E-state index >= 15 is 0 Å². The summed E-state index contributed by atoms with van der Waals surface area (Å²) >= 11 is 4.98. The van der Waals surface area contributed by atoms with E-state index < -0.39 is 0 Å². The predicted octanol–water partition coefficient (Wildman–Crippen LogP) is 33.8. The van der Waals surface area contributed by atoms with Gasteiger partial charge in [0.05, 0.1) is 17.1 Å². The molecule has 18 aromatic carbocycles. The number of aromatic nitrogens is 3. The minimum absolute atomic E-state index is 0. The van der Waals surface area contributed by atoms with Gasteiger partial charge in [0, 0.05) is 162 Å². The topological polar surface area (TPSA) is 150 Å². The van der Waals surface area contributed by atoms with Crippen LogP contribution in [0.25, 0.3) is 173 Å². The first-order chi connectivity index (χ1) is 65.5. The molecule has 138 heavy (non-hydrogen) atoms. The molecular weight excluding hydrogens is 2290 g/mol. The molecule has 0 saturated heterocycles. The number of para-hydroxylation sites is 5. The first-order valence-electron chi connectivity index (χ1n) is 45.1. The van der Waals surface area contributed by atoms with Gasteiger partial charge in [0.2, 0.25) is 0 Å². The van der Waals surface area contributed by atoms with Crippen LogP contribution in [-0.4, -0.2) is 48.9 Å². The number of furan rings is 1. The standard InChI is InChI=1S/C42H31N2O2S.2C40H31N2OS.3Pt/c1-42(2,3)29-20-21-36(45)28(22-29)25-43-35-18-9-7-15-33(35)41-44-39-34(26-12-5-4-6-13-26)23-27(24-38(39)47-41)30-16-11-17-32-31-14-8-10-19-37(31)46-40(30)32;1-40(2,3)30-20-21-36(43)29(22-30)25-41-35-19-10-9-17-33(35)39-42-38-34(27-12-5-4-6-13-27)23-28(24-37(38)44-39)32-18-11-15-26-14-7-8-16-31(26)32;1-40(2,3)32-19-20-36(43)31(22-32)25-41-35-16-10-9-15-33(35)39-42-38-34(27-12-5-4-6-13-27)23-30(24-37(38)44-39)29-18-17-26-11-7-8-14-28(26)21-29;;;/h4-12,14-25,45H,1-3H3;2*4-12,14-25,43H,1-3H3;;;/q3*-1;;;. The fourth-order valence-corrected chi connectivity index (χ4v) is 20.3. The summed E-state index contributed by atoms with van der Waals surface area (Å²) in [4.78, 5) is 30.2. The van der Waals surface area contributed by atoms with E-state index in [1.807, 2.05) is 164 Å². The van der Waals surface area contributed by atoms with Gasteiger partial charge in [-0.05, 0) is 185 Å². The number of aromatic hydroxyl groups is 3. The average molecular weight is 2390 g/mol. The van der Waals surface area contributed by atoms with Crippen LogP contribution in [0.2, 0.25) is 0 Å². The van der Waals surface area contributed by atoms with E-state index in [0.717, 1.165) is 174 Å². The van der Waals surface area contributed by atoms with Crippen LogP contribution in [0.1, 0.15) is 95.7 Å². The van der Waals surface area contributed by atoms with E-state index in [1.165, 1.54) is 32.7 Å². The van der Waals surface area contributed by atoms with Gasteiger partial charge < -0.3 is 19.7 Å². The molecule has 0 fully saturated rings. The van der Waals surface area contributed by atoms with Crippen molar-refractivity contribution in [2.45, 2.75) is 78.6 Å². The van der Waals surface area contributed by atoms with Crippen molar-refractivity contribution >= 4 is 144 Å². The number of benzene rings is 18.